The lowest BCUT2D eigenvalue weighted by Crippen LogP contribution is -2.30. The number of imidazole rings is 1. The van der Waals surface area contributed by atoms with Crippen molar-refractivity contribution >= 4 is 5.91 Å². The highest BCUT2D eigenvalue weighted by molar-refractivity contribution is 5.92. The Hall–Kier alpha value is -2.24. The van der Waals surface area contributed by atoms with Gasteiger partial charge in [0.05, 0.1) is 12.5 Å². The minimum absolute atomic E-state index is 0.0482. The van der Waals surface area contributed by atoms with E-state index in [1.165, 1.54) is 12.1 Å². The Labute approximate surface area is 127 Å². The number of hydrogen-bond donors (Lipinski definition) is 0. The first-order chi connectivity index (χ1) is 10.5. The van der Waals surface area contributed by atoms with Crippen molar-refractivity contribution in [1.29, 1.82) is 0 Å². The van der Waals surface area contributed by atoms with Crippen LogP contribution >= 0.6 is 0 Å². The van der Waals surface area contributed by atoms with Crippen molar-refractivity contribution in [2.24, 2.45) is 13.0 Å². The Balaban J connectivity index is 1.65. The summed E-state index contributed by atoms with van der Waals surface area (Å²) in [6.45, 7) is 1.26. The molecule has 116 valence electrons. The van der Waals surface area contributed by atoms with Crippen molar-refractivity contribution in [3.05, 3.63) is 53.6 Å². The van der Waals surface area contributed by atoms with E-state index in [4.69, 9.17) is 0 Å². The largest absolute Gasteiger partial charge is 0.337 e. The maximum atomic E-state index is 13.2. The summed E-state index contributed by atoms with van der Waals surface area (Å²) >= 11 is 0. The first kappa shape index (κ1) is 14.7. The van der Waals surface area contributed by atoms with Gasteiger partial charge in [-0.25, -0.2) is 13.8 Å². The molecule has 0 spiro atoms. The lowest BCUT2D eigenvalue weighted by Gasteiger charge is -2.16. The van der Waals surface area contributed by atoms with E-state index in [1.807, 2.05) is 0 Å². The second kappa shape index (κ2) is 5.87. The highest BCUT2D eigenvalue weighted by atomic mass is 19.1. The molecule has 0 saturated carbocycles. The van der Waals surface area contributed by atoms with Crippen molar-refractivity contribution in [2.75, 3.05) is 13.1 Å². The maximum Gasteiger partial charge on any atom is 0.272 e. The van der Waals surface area contributed by atoms with Gasteiger partial charge >= 0.3 is 0 Å². The number of nitrogens with zero attached hydrogens (tertiary/aromatic N) is 3. The van der Waals surface area contributed by atoms with Crippen LogP contribution in [-0.4, -0.2) is 33.4 Å². The van der Waals surface area contributed by atoms with E-state index in [1.54, 1.807) is 29.0 Å². The zero-order valence-corrected chi connectivity index (χ0v) is 12.3. The average molecular weight is 305 g/mol. The van der Waals surface area contributed by atoms with E-state index in [9.17, 15) is 13.6 Å². The molecule has 6 heteroatoms. The standard InChI is InChI=1S/C16H17F2N3O/c1-20-10-19-8-15(20)16(22)21-3-2-11(9-21)4-12-5-13(17)7-14(18)6-12/h5-8,10-11H,2-4,9H2,1H3. The van der Waals surface area contributed by atoms with Crippen molar-refractivity contribution < 1.29 is 13.6 Å². The van der Waals surface area contributed by atoms with E-state index in [0.717, 1.165) is 12.5 Å². The molecule has 0 N–H and O–H groups in total. The normalized spacial score (nSPS) is 18.0. The van der Waals surface area contributed by atoms with Crippen LogP contribution in [-0.2, 0) is 13.5 Å². The highest BCUT2D eigenvalue weighted by Gasteiger charge is 2.28. The number of carbonyl (C=O) groups excluding carboxylic acids is 1. The summed E-state index contributed by atoms with van der Waals surface area (Å²) in [4.78, 5) is 18.1. The second-order valence-corrected chi connectivity index (χ2v) is 5.78. The van der Waals surface area contributed by atoms with Crippen LogP contribution < -0.4 is 0 Å². The number of aromatic nitrogens is 2. The third kappa shape index (κ3) is 3.00. The van der Waals surface area contributed by atoms with E-state index in [2.05, 4.69) is 4.98 Å². The minimum atomic E-state index is -0.559. The molecule has 1 fully saturated rings. The summed E-state index contributed by atoms with van der Waals surface area (Å²) in [5.41, 5.74) is 1.19. The summed E-state index contributed by atoms with van der Waals surface area (Å²) in [6.07, 6.45) is 4.56. The van der Waals surface area contributed by atoms with Gasteiger partial charge in [0.25, 0.3) is 5.91 Å². The molecule has 1 saturated heterocycles. The molecule has 2 heterocycles. The molecule has 0 radical (unpaired) electrons. The lowest BCUT2D eigenvalue weighted by atomic mass is 9.98. The van der Waals surface area contributed by atoms with E-state index < -0.39 is 11.6 Å². The molecule has 1 aromatic heterocycles. The fourth-order valence-electron chi connectivity index (χ4n) is 2.97. The van der Waals surface area contributed by atoms with Crippen molar-refractivity contribution in [3.8, 4) is 0 Å². The van der Waals surface area contributed by atoms with Crippen LogP contribution in [0.15, 0.2) is 30.7 Å². The fraction of sp³-hybridized carbons (Fsp3) is 0.375. The third-order valence-corrected chi connectivity index (χ3v) is 4.06. The van der Waals surface area contributed by atoms with Crippen LogP contribution in [0.2, 0.25) is 0 Å². The second-order valence-electron chi connectivity index (χ2n) is 5.78. The van der Waals surface area contributed by atoms with Gasteiger partial charge in [0.1, 0.15) is 17.3 Å². The van der Waals surface area contributed by atoms with Crippen LogP contribution in [0.1, 0.15) is 22.5 Å². The van der Waals surface area contributed by atoms with Crippen LogP contribution in [0, 0.1) is 17.6 Å². The summed E-state index contributed by atoms with van der Waals surface area (Å²) < 4.78 is 28.1. The van der Waals surface area contributed by atoms with Gasteiger partial charge in [-0.15, -0.1) is 0 Å². The molecule has 2 aromatic rings. The Morgan fingerprint density at radius 3 is 2.68 bits per heavy atom. The van der Waals surface area contributed by atoms with Gasteiger partial charge in [-0.2, -0.15) is 0 Å². The molecule has 3 rings (SSSR count). The summed E-state index contributed by atoms with van der Waals surface area (Å²) in [7, 11) is 1.78. The minimum Gasteiger partial charge on any atom is -0.337 e. The fourth-order valence-corrected chi connectivity index (χ4v) is 2.97. The average Bonchev–Trinajstić information content (AvgIpc) is 3.06. The molecule has 0 aliphatic carbocycles. The van der Waals surface area contributed by atoms with Crippen molar-refractivity contribution in [1.82, 2.24) is 14.5 Å². The number of hydrogen-bond acceptors (Lipinski definition) is 2. The lowest BCUT2D eigenvalue weighted by molar-refractivity contribution is 0.0777. The molecular formula is C16H17F2N3O. The Morgan fingerprint density at radius 2 is 2.05 bits per heavy atom. The predicted octanol–water partition coefficient (Wildman–Crippen LogP) is 2.40. The summed E-state index contributed by atoms with van der Waals surface area (Å²) in [6, 6.07) is 3.58. The van der Waals surface area contributed by atoms with Crippen LogP contribution in [0.5, 0.6) is 0 Å². The maximum absolute atomic E-state index is 13.2. The first-order valence-corrected chi connectivity index (χ1v) is 7.23. The highest BCUT2D eigenvalue weighted by Crippen LogP contribution is 2.23. The van der Waals surface area contributed by atoms with Gasteiger partial charge in [0.2, 0.25) is 0 Å². The van der Waals surface area contributed by atoms with Crippen LogP contribution in [0.3, 0.4) is 0 Å². The molecule has 4 nitrogen and oxygen atoms in total. The van der Waals surface area contributed by atoms with Gasteiger partial charge in [-0.05, 0) is 36.5 Å². The van der Waals surface area contributed by atoms with Gasteiger partial charge in [-0.1, -0.05) is 0 Å². The van der Waals surface area contributed by atoms with Gasteiger partial charge in [0, 0.05) is 26.2 Å². The van der Waals surface area contributed by atoms with Gasteiger partial charge < -0.3 is 9.47 Å². The molecule has 1 aliphatic rings. The van der Waals surface area contributed by atoms with E-state index >= 15 is 0 Å². The molecule has 0 bridgehead atoms. The zero-order valence-electron chi connectivity index (χ0n) is 12.3. The van der Waals surface area contributed by atoms with Gasteiger partial charge in [-0.3, -0.25) is 4.79 Å². The first-order valence-electron chi connectivity index (χ1n) is 7.23. The van der Waals surface area contributed by atoms with Crippen LogP contribution in [0.4, 0.5) is 8.78 Å². The van der Waals surface area contributed by atoms with Crippen molar-refractivity contribution in [3.63, 3.8) is 0 Å². The van der Waals surface area contributed by atoms with Crippen LogP contribution in [0.25, 0.3) is 0 Å². The number of aryl methyl sites for hydroxylation is 1. The molecule has 22 heavy (non-hydrogen) atoms. The molecule has 1 unspecified atom stereocenters. The molecular weight excluding hydrogens is 288 g/mol. The Kier molecular flexibility index (Phi) is 3.92. The molecule has 1 amide bonds. The Morgan fingerprint density at radius 1 is 1.32 bits per heavy atom. The molecule has 1 aromatic carbocycles. The topological polar surface area (TPSA) is 38.1 Å². The monoisotopic (exact) mass is 305 g/mol. The quantitative estimate of drug-likeness (QED) is 0.873. The third-order valence-electron chi connectivity index (χ3n) is 4.06. The Bertz CT molecular complexity index is 678. The smallest absolute Gasteiger partial charge is 0.272 e. The number of amides is 1. The number of halogens is 2. The predicted molar refractivity (Wildman–Crippen MR) is 77.3 cm³/mol. The number of carbonyl (C=O) groups is 1. The molecule has 1 atom stereocenters. The van der Waals surface area contributed by atoms with Crippen molar-refractivity contribution in [2.45, 2.75) is 12.8 Å². The number of likely N-dealkylation sites (tertiary alicyclic amines) is 1. The summed E-state index contributed by atoms with van der Waals surface area (Å²) in [5.74, 6) is -0.946. The van der Waals surface area contributed by atoms with Gasteiger partial charge in [0.15, 0.2) is 0 Å². The SMILES string of the molecule is Cn1cncc1C(=O)N1CCC(Cc2cc(F)cc(F)c2)C1. The number of rotatable bonds is 3. The molecule has 1 aliphatic heterocycles. The zero-order chi connectivity index (χ0) is 15.7. The number of benzene rings is 1. The van der Waals surface area contributed by atoms with E-state index in [0.29, 0.717) is 30.8 Å². The summed E-state index contributed by atoms with van der Waals surface area (Å²) in [5, 5.41) is 0. The van der Waals surface area contributed by atoms with E-state index in [-0.39, 0.29) is 11.8 Å².